The fourth-order valence-corrected chi connectivity index (χ4v) is 3.19. The maximum absolute atomic E-state index is 11.5. The van der Waals surface area contributed by atoms with Gasteiger partial charge >= 0.3 is 6.16 Å². The Hall–Kier alpha value is -2.83. The van der Waals surface area contributed by atoms with Crippen molar-refractivity contribution >= 4 is 17.5 Å². The number of aliphatic hydroxyl groups is 1. The van der Waals surface area contributed by atoms with Crippen LogP contribution in [-0.4, -0.2) is 45.6 Å². The Morgan fingerprint density at radius 1 is 1.48 bits per heavy atom. The number of ether oxygens (including phenoxy) is 3. The molecule has 9 heteroatoms. The molecular formula is C14H12N4O5. The van der Waals surface area contributed by atoms with Crippen LogP contribution < -0.4 is 5.73 Å². The van der Waals surface area contributed by atoms with Crippen molar-refractivity contribution in [3.05, 3.63) is 30.2 Å². The van der Waals surface area contributed by atoms with Gasteiger partial charge in [-0.1, -0.05) is 0 Å². The number of nitrogens with two attached hydrogens (primary N) is 1. The Bertz CT molecular complexity index is 843. The third-order valence-electron chi connectivity index (χ3n) is 4.19. The average molecular weight is 316 g/mol. The lowest BCUT2D eigenvalue weighted by molar-refractivity contribution is -0.0813. The van der Waals surface area contributed by atoms with Crippen LogP contribution in [-0.2, 0) is 19.8 Å². The molecule has 0 aliphatic carbocycles. The second-order valence-electron chi connectivity index (χ2n) is 5.34. The summed E-state index contributed by atoms with van der Waals surface area (Å²) in [6.45, 7) is -0.408. The van der Waals surface area contributed by atoms with Crippen molar-refractivity contribution < 1.29 is 24.1 Å². The molecule has 3 N–H and O–H groups in total. The summed E-state index contributed by atoms with van der Waals surface area (Å²) in [5, 5.41) is 19.3. The zero-order valence-electron chi connectivity index (χ0n) is 11.7. The van der Waals surface area contributed by atoms with Crippen LogP contribution in [0.25, 0.3) is 5.52 Å². The molecule has 0 saturated carbocycles. The molecule has 2 aromatic heterocycles. The van der Waals surface area contributed by atoms with E-state index in [2.05, 4.69) is 11.1 Å². The summed E-state index contributed by atoms with van der Waals surface area (Å²) >= 11 is 0. The number of aliphatic hydroxyl groups excluding tert-OH is 1. The summed E-state index contributed by atoms with van der Waals surface area (Å²) in [5.41, 5.74) is 5.24. The number of aromatic nitrogens is 2. The summed E-state index contributed by atoms with van der Waals surface area (Å²) in [4.78, 5) is 15.5. The van der Waals surface area contributed by atoms with E-state index in [1.54, 1.807) is 22.7 Å². The van der Waals surface area contributed by atoms with Gasteiger partial charge in [0.1, 0.15) is 18.0 Å². The van der Waals surface area contributed by atoms with Gasteiger partial charge in [0.15, 0.2) is 12.2 Å². The number of carbonyl (C=O) groups is 1. The molecule has 23 heavy (non-hydrogen) atoms. The Balaban J connectivity index is 1.92. The van der Waals surface area contributed by atoms with E-state index in [0.717, 1.165) is 0 Å². The van der Waals surface area contributed by atoms with Gasteiger partial charge in [0.05, 0.1) is 17.8 Å². The highest BCUT2D eigenvalue weighted by Gasteiger charge is 2.65. The molecule has 0 amide bonds. The van der Waals surface area contributed by atoms with Gasteiger partial charge in [-0.05, 0) is 12.1 Å². The van der Waals surface area contributed by atoms with Gasteiger partial charge in [-0.25, -0.2) is 9.78 Å². The van der Waals surface area contributed by atoms with E-state index in [-0.39, 0.29) is 0 Å². The van der Waals surface area contributed by atoms with E-state index in [1.165, 1.54) is 6.20 Å². The number of hydrogen-bond acceptors (Lipinski definition) is 8. The predicted octanol–water partition coefficient (Wildman–Crippen LogP) is -0.0695. The first kappa shape index (κ1) is 13.8. The molecule has 2 aliphatic rings. The zero-order chi connectivity index (χ0) is 16.2. The van der Waals surface area contributed by atoms with Crippen LogP contribution in [0.2, 0.25) is 0 Å². The highest BCUT2D eigenvalue weighted by molar-refractivity contribution is 5.68. The Labute approximate surface area is 129 Å². The van der Waals surface area contributed by atoms with Crippen LogP contribution in [0.4, 0.5) is 10.6 Å². The molecule has 2 fully saturated rings. The van der Waals surface area contributed by atoms with Crippen LogP contribution in [0, 0.1) is 11.3 Å². The molecule has 0 aromatic carbocycles. The number of nitrogen functional groups attached to an aromatic ring is 1. The molecule has 2 aromatic rings. The molecule has 4 atom stereocenters. The summed E-state index contributed by atoms with van der Waals surface area (Å²) in [6.07, 6.45) is -0.451. The topological polar surface area (TPSA) is 132 Å². The lowest BCUT2D eigenvalue weighted by atomic mass is 9.92. The van der Waals surface area contributed by atoms with E-state index < -0.39 is 36.7 Å². The fourth-order valence-electron chi connectivity index (χ4n) is 3.19. The normalized spacial score (nSPS) is 32.3. The second-order valence-corrected chi connectivity index (χ2v) is 5.34. The molecule has 9 nitrogen and oxygen atoms in total. The van der Waals surface area contributed by atoms with Crippen molar-refractivity contribution in [2.45, 2.75) is 23.9 Å². The Morgan fingerprint density at radius 2 is 2.30 bits per heavy atom. The molecule has 2 saturated heterocycles. The molecule has 118 valence electrons. The number of nitriles is 1. The minimum absolute atomic E-state index is 0.291. The Morgan fingerprint density at radius 3 is 3.04 bits per heavy atom. The first-order valence-electron chi connectivity index (χ1n) is 6.90. The highest BCUT2D eigenvalue weighted by Crippen LogP contribution is 2.45. The van der Waals surface area contributed by atoms with E-state index in [1.807, 2.05) is 0 Å². The van der Waals surface area contributed by atoms with Gasteiger partial charge in [-0.3, -0.25) is 0 Å². The lowest BCUT2D eigenvalue weighted by Gasteiger charge is -2.24. The van der Waals surface area contributed by atoms with Crippen molar-refractivity contribution in [1.82, 2.24) is 9.38 Å². The number of anilines is 1. The smallest absolute Gasteiger partial charge is 0.424 e. The molecule has 0 radical (unpaired) electrons. The number of rotatable bonds is 2. The van der Waals surface area contributed by atoms with Gasteiger partial charge < -0.3 is 29.5 Å². The number of nitrogens with zero attached hydrogens (tertiary/aromatic N) is 3. The minimum Gasteiger partial charge on any atom is -0.424 e. The lowest BCUT2D eigenvalue weighted by Crippen LogP contribution is -2.39. The quantitative estimate of drug-likeness (QED) is 0.736. The van der Waals surface area contributed by atoms with Crippen molar-refractivity contribution in [3.63, 3.8) is 0 Å². The number of carbonyl (C=O) groups excluding carboxylic acids is 1. The summed E-state index contributed by atoms with van der Waals surface area (Å²) in [7, 11) is 0. The first-order valence-corrected chi connectivity index (χ1v) is 6.90. The van der Waals surface area contributed by atoms with Crippen molar-refractivity contribution in [1.29, 1.82) is 5.26 Å². The van der Waals surface area contributed by atoms with E-state index in [9.17, 15) is 15.2 Å². The van der Waals surface area contributed by atoms with Crippen molar-refractivity contribution in [2.75, 3.05) is 12.3 Å². The van der Waals surface area contributed by atoms with Gasteiger partial charge in [0, 0.05) is 12.4 Å². The number of hydrogen-bond donors (Lipinski definition) is 2. The molecule has 0 unspecified atom stereocenters. The van der Waals surface area contributed by atoms with Crippen LogP contribution in [0.1, 0.15) is 5.69 Å². The van der Waals surface area contributed by atoms with Gasteiger partial charge in [0.25, 0.3) is 0 Å². The first-order chi connectivity index (χ1) is 11.1. The Kier molecular flexibility index (Phi) is 2.75. The zero-order valence-corrected chi connectivity index (χ0v) is 11.7. The molecule has 4 heterocycles. The maximum Gasteiger partial charge on any atom is 0.509 e. The van der Waals surface area contributed by atoms with Gasteiger partial charge in [-0.15, -0.1) is 0 Å². The van der Waals surface area contributed by atoms with E-state index in [0.29, 0.717) is 17.0 Å². The molecular weight excluding hydrogens is 304 g/mol. The number of fused-ring (bicyclic) bond motifs is 2. The SMILES string of the molecule is N#C[C@@]1(c2ccc3c(N)nccn23)O[C@H](CO)[C@H]2OC(=O)O[C@H]21. The summed E-state index contributed by atoms with van der Waals surface area (Å²) in [6, 6.07) is 5.42. The molecule has 2 aliphatic heterocycles. The van der Waals surface area contributed by atoms with Crippen molar-refractivity contribution in [3.8, 4) is 6.07 Å². The molecule has 0 spiro atoms. The third kappa shape index (κ3) is 1.67. The van der Waals surface area contributed by atoms with E-state index >= 15 is 0 Å². The maximum atomic E-state index is 11.5. The fraction of sp³-hybridized carbons (Fsp3) is 0.357. The monoisotopic (exact) mass is 316 g/mol. The van der Waals surface area contributed by atoms with Crippen LogP contribution >= 0.6 is 0 Å². The minimum atomic E-state index is -1.61. The standard InChI is InChI=1S/C14H12N4O5/c15-6-14(9-2-1-7-12(16)17-3-4-18(7)9)11-10(8(5-19)23-14)21-13(20)22-11/h1-4,8,10-11,19H,5H2,(H2,16,17)/t8-,10-,11-,14+/m1/s1. The third-order valence-corrected chi connectivity index (χ3v) is 4.19. The largest absolute Gasteiger partial charge is 0.509 e. The summed E-state index contributed by atoms with van der Waals surface area (Å²) in [5.74, 6) is 0.291. The highest BCUT2D eigenvalue weighted by atomic mass is 16.8. The van der Waals surface area contributed by atoms with Gasteiger partial charge in [0.2, 0.25) is 5.60 Å². The van der Waals surface area contributed by atoms with E-state index in [4.69, 9.17) is 19.9 Å². The van der Waals surface area contributed by atoms with Crippen molar-refractivity contribution in [2.24, 2.45) is 0 Å². The predicted molar refractivity (Wildman–Crippen MR) is 74.0 cm³/mol. The average Bonchev–Trinajstić information content (AvgIpc) is 3.20. The van der Waals surface area contributed by atoms with Crippen LogP contribution in [0.15, 0.2) is 24.5 Å². The van der Waals surface area contributed by atoms with Gasteiger partial charge in [-0.2, -0.15) is 5.26 Å². The molecule has 4 rings (SSSR count). The second kappa shape index (κ2) is 4.58. The summed E-state index contributed by atoms with van der Waals surface area (Å²) < 4.78 is 17.6. The van der Waals surface area contributed by atoms with Crippen LogP contribution in [0.5, 0.6) is 0 Å². The van der Waals surface area contributed by atoms with Crippen LogP contribution in [0.3, 0.4) is 0 Å². The molecule has 0 bridgehead atoms.